The van der Waals surface area contributed by atoms with Crippen LogP contribution in [0.15, 0.2) is 21.1 Å². The van der Waals surface area contributed by atoms with Gasteiger partial charge in [0.15, 0.2) is 0 Å². The van der Waals surface area contributed by atoms with Gasteiger partial charge in [0, 0.05) is 0 Å². The fourth-order valence-corrected chi connectivity index (χ4v) is 3.94. The minimum atomic E-state index is 0.105. The van der Waals surface area contributed by atoms with Crippen LogP contribution >= 0.6 is 0 Å². The van der Waals surface area contributed by atoms with E-state index < -0.39 is 0 Å². The fourth-order valence-electron chi connectivity index (χ4n) is 1.25. The maximum absolute atomic E-state index is 11.8. The summed E-state index contributed by atoms with van der Waals surface area (Å²) in [6, 6.07) is 0. The van der Waals surface area contributed by atoms with Gasteiger partial charge >= 0.3 is 99.0 Å². The van der Waals surface area contributed by atoms with E-state index in [9.17, 15) is 4.79 Å². The van der Waals surface area contributed by atoms with E-state index in [1.54, 1.807) is 0 Å². The van der Waals surface area contributed by atoms with Gasteiger partial charge in [-0.2, -0.15) is 0 Å². The molecule has 1 heterocycles. The Hall–Kier alpha value is -0.331. The van der Waals surface area contributed by atoms with Gasteiger partial charge in [-0.3, -0.25) is 0 Å². The molecule has 0 aromatic rings. The topological polar surface area (TPSA) is 17.1 Å². The number of carbonyl (C=O) groups excluding carboxylic acids is 1. The Labute approximate surface area is 99.2 Å². The zero-order chi connectivity index (χ0) is 11.9. The van der Waals surface area contributed by atoms with E-state index in [0.717, 1.165) is 4.47 Å². The van der Waals surface area contributed by atoms with E-state index >= 15 is 0 Å². The zero-order valence-electron chi connectivity index (χ0n) is 10.5. The third-order valence-corrected chi connectivity index (χ3v) is 5.15. The van der Waals surface area contributed by atoms with E-state index in [2.05, 4.69) is 47.6 Å². The van der Waals surface area contributed by atoms with E-state index in [4.69, 9.17) is 0 Å². The summed E-state index contributed by atoms with van der Waals surface area (Å²) in [5.41, 5.74) is 0.247. The number of ketones is 1. The van der Waals surface area contributed by atoms with Gasteiger partial charge in [-0.15, -0.1) is 0 Å². The van der Waals surface area contributed by atoms with Crippen LogP contribution in [0.3, 0.4) is 0 Å². The number of rotatable bonds is 0. The van der Waals surface area contributed by atoms with Gasteiger partial charge in [0.05, 0.1) is 0 Å². The second-order valence-corrected chi connectivity index (χ2v) is 8.37. The summed E-state index contributed by atoms with van der Waals surface area (Å²) < 4.78 is 2.34. The Morgan fingerprint density at radius 1 is 1.13 bits per heavy atom. The first-order chi connectivity index (χ1) is 6.59. The molecule has 1 rings (SSSR count). The van der Waals surface area contributed by atoms with Gasteiger partial charge in [-0.1, -0.05) is 0 Å². The fraction of sp³-hybridized carbons (Fsp3) is 0.615. The Balaban J connectivity index is 2.91. The summed E-state index contributed by atoms with van der Waals surface area (Å²) in [5, 5.41) is 0. The van der Waals surface area contributed by atoms with Gasteiger partial charge in [-0.05, 0) is 0 Å². The van der Waals surface area contributed by atoms with Crippen molar-refractivity contribution < 1.29 is 4.79 Å². The molecule has 0 unspecified atom stereocenters. The average molecular weight is 271 g/mol. The van der Waals surface area contributed by atoms with E-state index in [1.807, 2.05) is 6.08 Å². The van der Waals surface area contributed by atoms with Crippen molar-refractivity contribution in [1.29, 1.82) is 0 Å². The summed E-state index contributed by atoms with van der Waals surface area (Å²) in [7, 11) is 0. The number of hydrogen-bond acceptors (Lipinski definition) is 1. The van der Waals surface area contributed by atoms with Gasteiger partial charge in [0.1, 0.15) is 0 Å². The summed E-state index contributed by atoms with van der Waals surface area (Å²) in [6.45, 7) is 12.9. The first-order valence-corrected chi connectivity index (χ1v) is 6.98. The van der Waals surface area contributed by atoms with Crippen LogP contribution in [0, 0.1) is 10.8 Å². The van der Waals surface area contributed by atoms with Gasteiger partial charge in [0.25, 0.3) is 0 Å². The predicted molar refractivity (Wildman–Crippen MR) is 65.8 cm³/mol. The van der Waals surface area contributed by atoms with Crippen molar-refractivity contribution in [3.8, 4) is 0 Å². The molecule has 0 aromatic heterocycles. The normalized spacial score (nSPS) is 21.1. The number of carbonyl (C=O) groups is 1. The molecule has 1 nitrogen and oxygen atoms in total. The van der Waals surface area contributed by atoms with Crippen molar-refractivity contribution in [1.82, 2.24) is 0 Å². The SMILES string of the molecule is CC(C)(C)/C=C1/[Se]C(C(C)(C)C)=CC1=O. The molecule has 0 saturated carbocycles. The molecular formula is C13H20OSe. The predicted octanol–water partition coefficient (Wildman–Crippen LogP) is 3.13. The van der Waals surface area contributed by atoms with Crippen molar-refractivity contribution in [3.63, 3.8) is 0 Å². The number of hydrogen-bond donors (Lipinski definition) is 0. The van der Waals surface area contributed by atoms with E-state index in [1.165, 1.54) is 4.47 Å². The second-order valence-electron chi connectivity index (χ2n) is 6.10. The molecule has 1 aliphatic rings. The maximum atomic E-state index is 11.8. The summed E-state index contributed by atoms with van der Waals surface area (Å²) >= 11 is 0.239. The first kappa shape index (κ1) is 12.7. The Morgan fingerprint density at radius 2 is 1.67 bits per heavy atom. The standard InChI is InChI=1S/C13H20OSe/c1-12(2,3)8-10-9(14)7-11(15-10)13(4,5)6/h7-8H,1-6H3/b10-8+. The van der Waals surface area contributed by atoms with E-state index in [-0.39, 0.29) is 31.6 Å². The minimum absolute atomic E-state index is 0.105. The molecule has 0 saturated heterocycles. The van der Waals surface area contributed by atoms with E-state index in [0.29, 0.717) is 0 Å². The van der Waals surface area contributed by atoms with Crippen molar-refractivity contribution in [2.24, 2.45) is 10.8 Å². The molecule has 0 N–H and O–H groups in total. The van der Waals surface area contributed by atoms with Crippen LogP contribution in [0.1, 0.15) is 41.5 Å². The van der Waals surface area contributed by atoms with Crippen molar-refractivity contribution in [2.75, 3.05) is 0 Å². The molecule has 0 aliphatic carbocycles. The van der Waals surface area contributed by atoms with Crippen LogP contribution in [0.5, 0.6) is 0 Å². The van der Waals surface area contributed by atoms with Crippen LogP contribution in [0.2, 0.25) is 0 Å². The summed E-state index contributed by atoms with van der Waals surface area (Å²) in [4.78, 5) is 11.8. The molecule has 2 heteroatoms. The first-order valence-electron chi connectivity index (χ1n) is 5.27. The molecule has 1 aliphatic heterocycles. The average Bonchev–Trinajstić information content (AvgIpc) is 2.27. The van der Waals surface area contributed by atoms with Crippen LogP contribution < -0.4 is 0 Å². The summed E-state index contributed by atoms with van der Waals surface area (Å²) in [6.07, 6.45) is 3.97. The second kappa shape index (κ2) is 3.92. The van der Waals surface area contributed by atoms with Crippen LogP contribution in [-0.4, -0.2) is 20.7 Å². The molecule has 0 bridgehead atoms. The zero-order valence-corrected chi connectivity index (χ0v) is 12.2. The van der Waals surface area contributed by atoms with Crippen LogP contribution in [0.25, 0.3) is 0 Å². The molecule has 0 radical (unpaired) electrons. The molecule has 84 valence electrons. The quantitative estimate of drug-likeness (QED) is 0.488. The molecule has 0 aromatic carbocycles. The van der Waals surface area contributed by atoms with Crippen molar-refractivity contribution >= 4 is 20.7 Å². The molecule has 0 spiro atoms. The molecular weight excluding hydrogens is 251 g/mol. The van der Waals surface area contributed by atoms with Gasteiger partial charge in [0.2, 0.25) is 0 Å². The van der Waals surface area contributed by atoms with Crippen LogP contribution in [-0.2, 0) is 4.79 Å². The third kappa shape index (κ3) is 3.62. The monoisotopic (exact) mass is 272 g/mol. The molecule has 15 heavy (non-hydrogen) atoms. The van der Waals surface area contributed by atoms with Crippen molar-refractivity contribution in [2.45, 2.75) is 41.5 Å². The molecule has 0 amide bonds. The van der Waals surface area contributed by atoms with Gasteiger partial charge < -0.3 is 0 Å². The Kier molecular flexibility index (Phi) is 3.33. The Morgan fingerprint density at radius 3 is 2.00 bits per heavy atom. The van der Waals surface area contributed by atoms with Crippen LogP contribution in [0.4, 0.5) is 0 Å². The Bertz CT molecular complexity index is 335. The molecule has 0 fully saturated rings. The third-order valence-electron chi connectivity index (χ3n) is 2.03. The molecule has 0 atom stereocenters. The van der Waals surface area contributed by atoms with Crippen molar-refractivity contribution in [3.05, 3.63) is 21.1 Å². The summed E-state index contributed by atoms with van der Waals surface area (Å²) in [5.74, 6) is 0.231. The number of allylic oxidation sites excluding steroid dienone is 4. The van der Waals surface area contributed by atoms with Gasteiger partial charge in [-0.25, -0.2) is 0 Å².